The number of anilines is 2. The summed E-state index contributed by atoms with van der Waals surface area (Å²) in [6, 6.07) is 5.75. The van der Waals surface area contributed by atoms with Crippen molar-refractivity contribution in [2.24, 2.45) is 0 Å². The SMILES string of the molecule is O=C(NCC1CCCCO1)c1cccc2c1NCCN2. The van der Waals surface area contributed by atoms with Crippen LogP contribution in [0.25, 0.3) is 0 Å². The molecule has 5 heteroatoms. The van der Waals surface area contributed by atoms with Crippen LogP contribution in [0.5, 0.6) is 0 Å². The van der Waals surface area contributed by atoms with Crippen LogP contribution in [0.3, 0.4) is 0 Å². The lowest BCUT2D eigenvalue weighted by Crippen LogP contribution is -2.36. The molecule has 0 aliphatic carbocycles. The monoisotopic (exact) mass is 275 g/mol. The van der Waals surface area contributed by atoms with E-state index in [4.69, 9.17) is 4.74 Å². The third-order valence-electron chi connectivity index (χ3n) is 3.82. The minimum atomic E-state index is -0.0350. The van der Waals surface area contributed by atoms with Crippen LogP contribution in [0.4, 0.5) is 11.4 Å². The highest BCUT2D eigenvalue weighted by Crippen LogP contribution is 2.28. The molecule has 0 saturated carbocycles. The van der Waals surface area contributed by atoms with Crippen LogP contribution < -0.4 is 16.0 Å². The van der Waals surface area contributed by atoms with Crippen LogP contribution in [0.15, 0.2) is 18.2 Å². The summed E-state index contributed by atoms with van der Waals surface area (Å²) in [6.45, 7) is 3.12. The van der Waals surface area contributed by atoms with E-state index in [1.165, 1.54) is 6.42 Å². The van der Waals surface area contributed by atoms with Crippen LogP contribution in [0.1, 0.15) is 29.6 Å². The van der Waals surface area contributed by atoms with Crippen molar-refractivity contribution in [3.63, 3.8) is 0 Å². The summed E-state index contributed by atoms with van der Waals surface area (Å²) < 4.78 is 5.63. The molecule has 0 bridgehead atoms. The van der Waals surface area contributed by atoms with Crippen molar-refractivity contribution >= 4 is 17.3 Å². The Morgan fingerprint density at radius 2 is 2.20 bits per heavy atom. The van der Waals surface area contributed by atoms with E-state index in [0.717, 1.165) is 43.9 Å². The van der Waals surface area contributed by atoms with E-state index in [0.29, 0.717) is 12.1 Å². The average Bonchev–Trinajstić information content (AvgIpc) is 2.53. The Hall–Kier alpha value is -1.75. The second-order valence-corrected chi connectivity index (χ2v) is 5.28. The highest BCUT2D eigenvalue weighted by atomic mass is 16.5. The fourth-order valence-electron chi connectivity index (χ4n) is 2.73. The number of nitrogens with one attached hydrogen (secondary N) is 3. The first kappa shape index (κ1) is 13.2. The lowest BCUT2D eigenvalue weighted by atomic mass is 10.1. The molecule has 1 atom stereocenters. The number of fused-ring (bicyclic) bond motifs is 1. The standard InChI is InChI=1S/C15H21N3O2/c19-15(18-10-11-4-1-2-9-20-11)12-5-3-6-13-14(12)17-8-7-16-13/h3,5-6,11,16-17H,1-2,4,7-10H2,(H,18,19). The number of carbonyl (C=O) groups excluding carboxylic acids is 1. The molecule has 2 aliphatic rings. The number of para-hydroxylation sites is 1. The number of hydrogen-bond donors (Lipinski definition) is 3. The molecule has 0 spiro atoms. The number of rotatable bonds is 3. The molecule has 5 nitrogen and oxygen atoms in total. The molecule has 1 unspecified atom stereocenters. The molecule has 2 aliphatic heterocycles. The smallest absolute Gasteiger partial charge is 0.253 e. The van der Waals surface area contributed by atoms with Gasteiger partial charge >= 0.3 is 0 Å². The molecule has 1 amide bonds. The summed E-state index contributed by atoms with van der Waals surface area (Å²) in [5, 5.41) is 9.58. The average molecular weight is 275 g/mol. The minimum absolute atomic E-state index is 0.0350. The zero-order chi connectivity index (χ0) is 13.8. The van der Waals surface area contributed by atoms with E-state index in [1.54, 1.807) is 0 Å². The summed E-state index contributed by atoms with van der Waals surface area (Å²) in [6.07, 6.45) is 3.52. The Morgan fingerprint density at radius 3 is 3.05 bits per heavy atom. The molecule has 20 heavy (non-hydrogen) atoms. The lowest BCUT2D eigenvalue weighted by Gasteiger charge is -2.24. The van der Waals surface area contributed by atoms with E-state index < -0.39 is 0 Å². The van der Waals surface area contributed by atoms with Gasteiger partial charge in [-0.05, 0) is 31.4 Å². The summed E-state index contributed by atoms with van der Waals surface area (Å²) in [7, 11) is 0. The van der Waals surface area contributed by atoms with E-state index in [9.17, 15) is 4.79 Å². The van der Waals surface area contributed by atoms with Crippen LogP contribution >= 0.6 is 0 Å². The molecular weight excluding hydrogens is 254 g/mol. The molecule has 1 fully saturated rings. The number of amides is 1. The van der Waals surface area contributed by atoms with Crippen LogP contribution in [0, 0.1) is 0 Å². The van der Waals surface area contributed by atoms with Gasteiger partial charge in [0.05, 0.1) is 23.0 Å². The molecule has 1 aromatic rings. The zero-order valence-electron chi connectivity index (χ0n) is 11.6. The van der Waals surface area contributed by atoms with E-state index >= 15 is 0 Å². The highest BCUT2D eigenvalue weighted by Gasteiger charge is 2.19. The maximum Gasteiger partial charge on any atom is 0.253 e. The van der Waals surface area contributed by atoms with Gasteiger partial charge in [0, 0.05) is 26.2 Å². The molecule has 1 aromatic carbocycles. The van der Waals surface area contributed by atoms with Crippen LogP contribution in [-0.2, 0) is 4.74 Å². The minimum Gasteiger partial charge on any atom is -0.382 e. The molecular formula is C15H21N3O2. The lowest BCUT2D eigenvalue weighted by molar-refractivity contribution is 0.0169. The van der Waals surface area contributed by atoms with Gasteiger partial charge in [-0.3, -0.25) is 4.79 Å². The number of carbonyl (C=O) groups is 1. The third-order valence-corrected chi connectivity index (χ3v) is 3.82. The van der Waals surface area contributed by atoms with Crippen LogP contribution in [-0.4, -0.2) is 38.3 Å². The molecule has 3 rings (SSSR count). The van der Waals surface area contributed by atoms with Gasteiger partial charge in [-0.25, -0.2) is 0 Å². The quantitative estimate of drug-likeness (QED) is 0.787. The van der Waals surface area contributed by atoms with Crippen molar-refractivity contribution < 1.29 is 9.53 Å². The maximum atomic E-state index is 12.3. The van der Waals surface area contributed by atoms with Crippen molar-refractivity contribution in [1.82, 2.24) is 5.32 Å². The normalized spacial score (nSPS) is 21.3. The maximum absolute atomic E-state index is 12.3. The van der Waals surface area contributed by atoms with Gasteiger partial charge in [-0.15, -0.1) is 0 Å². The van der Waals surface area contributed by atoms with Crippen LogP contribution in [0.2, 0.25) is 0 Å². The Kier molecular flexibility index (Phi) is 4.06. The largest absolute Gasteiger partial charge is 0.382 e. The van der Waals surface area contributed by atoms with E-state index in [1.807, 2.05) is 18.2 Å². The van der Waals surface area contributed by atoms with Gasteiger partial charge in [0.1, 0.15) is 0 Å². The highest BCUT2D eigenvalue weighted by molar-refractivity contribution is 6.02. The first-order valence-corrected chi connectivity index (χ1v) is 7.35. The summed E-state index contributed by atoms with van der Waals surface area (Å²) in [5.74, 6) is -0.0350. The Balaban J connectivity index is 1.64. The first-order valence-electron chi connectivity index (χ1n) is 7.35. The third kappa shape index (κ3) is 2.88. The molecule has 0 radical (unpaired) electrons. The molecule has 108 valence electrons. The number of ether oxygens (including phenoxy) is 1. The summed E-state index contributed by atoms with van der Waals surface area (Å²) in [4.78, 5) is 12.3. The molecule has 0 aromatic heterocycles. The Morgan fingerprint density at radius 1 is 1.30 bits per heavy atom. The van der Waals surface area contributed by atoms with Gasteiger partial charge in [0.15, 0.2) is 0 Å². The Labute approximate surface area is 119 Å². The van der Waals surface area contributed by atoms with Gasteiger partial charge in [-0.2, -0.15) is 0 Å². The van der Waals surface area contributed by atoms with Gasteiger partial charge < -0.3 is 20.7 Å². The first-order chi connectivity index (χ1) is 9.84. The summed E-state index contributed by atoms with van der Waals surface area (Å²) in [5.41, 5.74) is 2.60. The predicted molar refractivity (Wildman–Crippen MR) is 79.3 cm³/mol. The van der Waals surface area contributed by atoms with Gasteiger partial charge in [0.25, 0.3) is 5.91 Å². The summed E-state index contributed by atoms with van der Waals surface area (Å²) >= 11 is 0. The Bertz CT molecular complexity index is 484. The van der Waals surface area contributed by atoms with E-state index in [2.05, 4.69) is 16.0 Å². The second kappa shape index (κ2) is 6.13. The molecule has 3 N–H and O–H groups in total. The van der Waals surface area contributed by atoms with Crippen molar-refractivity contribution in [2.75, 3.05) is 36.9 Å². The van der Waals surface area contributed by atoms with Crippen molar-refractivity contribution in [2.45, 2.75) is 25.4 Å². The fraction of sp³-hybridized carbons (Fsp3) is 0.533. The predicted octanol–water partition coefficient (Wildman–Crippen LogP) is 1.82. The van der Waals surface area contributed by atoms with Gasteiger partial charge in [-0.1, -0.05) is 6.07 Å². The number of hydrogen-bond acceptors (Lipinski definition) is 4. The number of benzene rings is 1. The zero-order valence-corrected chi connectivity index (χ0v) is 11.6. The van der Waals surface area contributed by atoms with Crippen molar-refractivity contribution in [3.05, 3.63) is 23.8 Å². The topological polar surface area (TPSA) is 62.4 Å². The van der Waals surface area contributed by atoms with E-state index in [-0.39, 0.29) is 12.0 Å². The fourth-order valence-corrected chi connectivity index (χ4v) is 2.73. The van der Waals surface area contributed by atoms with Gasteiger partial charge in [0.2, 0.25) is 0 Å². The second-order valence-electron chi connectivity index (χ2n) is 5.28. The molecule has 1 saturated heterocycles. The van der Waals surface area contributed by atoms with Crippen molar-refractivity contribution in [3.8, 4) is 0 Å². The molecule has 2 heterocycles. The van der Waals surface area contributed by atoms with Crippen molar-refractivity contribution in [1.29, 1.82) is 0 Å².